The summed E-state index contributed by atoms with van der Waals surface area (Å²) in [5.41, 5.74) is 1.94. The average Bonchev–Trinajstić information content (AvgIpc) is 2.93. The van der Waals surface area contributed by atoms with Gasteiger partial charge in [0.15, 0.2) is 0 Å². The van der Waals surface area contributed by atoms with E-state index < -0.39 is 28.5 Å². The van der Waals surface area contributed by atoms with Gasteiger partial charge in [0, 0.05) is 24.5 Å². The van der Waals surface area contributed by atoms with Gasteiger partial charge in [-0.1, -0.05) is 61.0 Å². The van der Waals surface area contributed by atoms with Crippen molar-refractivity contribution in [3.63, 3.8) is 0 Å². The summed E-state index contributed by atoms with van der Waals surface area (Å²) in [5.74, 6) is -0.268. The molecule has 3 aromatic rings. The maximum atomic E-state index is 14.0. The van der Waals surface area contributed by atoms with Crippen molar-refractivity contribution in [3.8, 4) is 5.75 Å². The SMILES string of the molecule is CCCNC(=O)C(Cc1ccccc1)N(Cc1ccc(Cl)cc1)C(=O)CN(c1ccc(OC)cc1)S(C)(=O)=O. The third kappa shape index (κ3) is 8.73. The van der Waals surface area contributed by atoms with Gasteiger partial charge in [0.1, 0.15) is 18.3 Å². The molecule has 0 bridgehead atoms. The van der Waals surface area contributed by atoms with Gasteiger partial charge in [-0.05, 0) is 53.9 Å². The van der Waals surface area contributed by atoms with E-state index in [1.807, 2.05) is 37.3 Å². The minimum Gasteiger partial charge on any atom is -0.497 e. The Labute approximate surface area is 235 Å². The smallest absolute Gasteiger partial charge is 0.244 e. The summed E-state index contributed by atoms with van der Waals surface area (Å²) in [6, 6.07) is 21.9. The number of benzene rings is 3. The Hall–Kier alpha value is -3.56. The number of nitrogens with zero attached hydrogens (tertiary/aromatic N) is 2. The van der Waals surface area contributed by atoms with E-state index in [0.29, 0.717) is 23.0 Å². The lowest BCUT2D eigenvalue weighted by Crippen LogP contribution is -2.53. The van der Waals surface area contributed by atoms with E-state index in [9.17, 15) is 18.0 Å². The molecule has 8 nitrogen and oxygen atoms in total. The fourth-order valence-electron chi connectivity index (χ4n) is 4.07. The first-order valence-electron chi connectivity index (χ1n) is 12.6. The minimum atomic E-state index is -3.84. The van der Waals surface area contributed by atoms with Crippen LogP contribution >= 0.6 is 11.6 Å². The molecule has 0 saturated carbocycles. The first-order chi connectivity index (χ1) is 18.6. The molecular weight excluding hydrogens is 538 g/mol. The quantitative estimate of drug-likeness (QED) is 0.330. The maximum Gasteiger partial charge on any atom is 0.244 e. The molecule has 0 fully saturated rings. The van der Waals surface area contributed by atoms with Crippen LogP contribution in [0.3, 0.4) is 0 Å². The molecule has 0 aromatic heterocycles. The summed E-state index contributed by atoms with van der Waals surface area (Å²) in [6.45, 7) is 2.01. The van der Waals surface area contributed by atoms with E-state index in [-0.39, 0.29) is 18.9 Å². The van der Waals surface area contributed by atoms with Crippen molar-refractivity contribution >= 4 is 39.1 Å². The minimum absolute atomic E-state index is 0.0905. The van der Waals surface area contributed by atoms with Crippen molar-refractivity contribution in [2.45, 2.75) is 32.4 Å². The fourth-order valence-corrected chi connectivity index (χ4v) is 5.04. The molecule has 1 unspecified atom stereocenters. The van der Waals surface area contributed by atoms with Crippen LogP contribution in [0.4, 0.5) is 5.69 Å². The Bertz CT molecular complexity index is 1330. The summed E-state index contributed by atoms with van der Waals surface area (Å²) >= 11 is 6.07. The summed E-state index contributed by atoms with van der Waals surface area (Å²) in [5, 5.41) is 3.45. The number of sulfonamides is 1. The van der Waals surface area contributed by atoms with Gasteiger partial charge in [-0.3, -0.25) is 13.9 Å². The molecule has 2 amide bonds. The summed E-state index contributed by atoms with van der Waals surface area (Å²) in [7, 11) is -2.32. The van der Waals surface area contributed by atoms with Crippen LogP contribution in [-0.2, 0) is 32.6 Å². The van der Waals surface area contributed by atoms with Crippen molar-refractivity contribution in [2.24, 2.45) is 0 Å². The molecule has 208 valence electrons. The molecule has 1 atom stereocenters. The normalized spacial score (nSPS) is 11.9. The number of methoxy groups -OCH3 is 1. The van der Waals surface area contributed by atoms with Crippen LogP contribution in [0.2, 0.25) is 5.02 Å². The van der Waals surface area contributed by atoms with Crippen molar-refractivity contribution in [1.82, 2.24) is 10.2 Å². The molecule has 0 aliphatic carbocycles. The third-order valence-corrected chi connectivity index (χ3v) is 7.52. The Morgan fingerprint density at radius 1 is 0.949 bits per heavy atom. The van der Waals surface area contributed by atoms with Crippen LogP contribution in [0.25, 0.3) is 0 Å². The number of carbonyl (C=O) groups is 2. The molecule has 39 heavy (non-hydrogen) atoms. The Balaban J connectivity index is 2.02. The molecule has 0 radical (unpaired) electrons. The van der Waals surface area contributed by atoms with E-state index in [2.05, 4.69) is 5.32 Å². The molecule has 0 heterocycles. The Morgan fingerprint density at radius 3 is 2.15 bits per heavy atom. The number of ether oxygens (including phenoxy) is 1. The monoisotopic (exact) mass is 571 g/mol. The van der Waals surface area contributed by atoms with Crippen molar-refractivity contribution < 1.29 is 22.7 Å². The van der Waals surface area contributed by atoms with Crippen molar-refractivity contribution in [1.29, 1.82) is 0 Å². The summed E-state index contributed by atoms with van der Waals surface area (Å²) < 4.78 is 31.8. The molecule has 0 aliphatic heterocycles. The van der Waals surface area contributed by atoms with Crippen LogP contribution in [0.15, 0.2) is 78.9 Å². The molecule has 3 rings (SSSR count). The standard InChI is InChI=1S/C29H34ClN3O5S/c1-4-18-31-29(35)27(19-22-8-6-5-7-9-22)32(20-23-10-12-24(30)13-11-23)28(34)21-33(39(3,36)37)25-14-16-26(38-2)17-15-25/h5-17,27H,4,18-21H2,1-3H3,(H,31,35). The first kappa shape index (κ1) is 30.0. The lowest BCUT2D eigenvalue weighted by molar-refractivity contribution is -0.140. The predicted molar refractivity (Wildman–Crippen MR) is 154 cm³/mol. The second kappa shape index (κ2) is 14.0. The van der Waals surface area contributed by atoms with Crippen LogP contribution in [-0.4, -0.2) is 57.6 Å². The molecule has 10 heteroatoms. The van der Waals surface area contributed by atoms with Gasteiger partial charge in [0.25, 0.3) is 0 Å². The number of halogens is 1. The first-order valence-corrected chi connectivity index (χ1v) is 14.8. The Kier molecular flexibility index (Phi) is 10.8. The molecule has 1 N–H and O–H groups in total. The molecule has 0 spiro atoms. The van der Waals surface area contributed by atoms with Gasteiger partial charge in [-0.2, -0.15) is 0 Å². The molecule has 3 aromatic carbocycles. The highest BCUT2D eigenvalue weighted by Crippen LogP contribution is 2.23. The zero-order chi connectivity index (χ0) is 28.4. The number of rotatable bonds is 13. The summed E-state index contributed by atoms with van der Waals surface area (Å²) in [4.78, 5) is 28.9. The third-order valence-electron chi connectivity index (χ3n) is 6.13. The van der Waals surface area contributed by atoms with Crippen molar-refractivity contribution in [2.75, 3.05) is 30.8 Å². The predicted octanol–water partition coefficient (Wildman–Crippen LogP) is 4.28. The second-order valence-electron chi connectivity index (χ2n) is 9.11. The zero-order valence-corrected chi connectivity index (χ0v) is 23.9. The number of hydrogen-bond acceptors (Lipinski definition) is 5. The van der Waals surface area contributed by atoms with Crippen molar-refractivity contribution in [3.05, 3.63) is 95.0 Å². The van der Waals surface area contributed by atoms with E-state index in [1.54, 1.807) is 48.5 Å². The van der Waals surface area contributed by atoms with Gasteiger partial charge in [0.2, 0.25) is 21.8 Å². The zero-order valence-electron chi connectivity index (χ0n) is 22.3. The van der Waals surface area contributed by atoms with Crippen LogP contribution in [0.5, 0.6) is 5.75 Å². The molecule has 0 aliphatic rings. The largest absolute Gasteiger partial charge is 0.497 e. The average molecular weight is 572 g/mol. The highest BCUT2D eigenvalue weighted by molar-refractivity contribution is 7.92. The van der Waals surface area contributed by atoms with E-state index >= 15 is 0 Å². The maximum absolute atomic E-state index is 14.0. The number of hydrogen-bond donors (Lipinski definition) is 1. The molecular formula is C29H34ClN3O5S. The Morgan fingerprint density at radius 2 is 1.59 bits per heavy atom. The number of amides is 2. The number of carbonyl (C=O) groups excluding carboxylic acids is 2. The van der Waals surface area contributed by atoms with E-state index in [4.69, 9.17) is 16.3 Å². The topological polar surface area (TPSA) is 96.0 Å². The number of anilines is 1. The molecule has 0 saturated heterocycles. The van der Waals surface area contributed by atoms with Crippen LogP contribution < -0.4 is 14.4 Å². The van der Waals surface area contributed by atoms with Gasteiger partial charge in [-0.25, -0.2) is 8.42 Å². The highest BCUT2D eigenvalue weighted by Gasteiger charge is 2.32. The highest BCUT2D eigenvalue weighted by atomic mass is 35.5. The van der Waals surface area contributed by atoms with E-state index in [1.165, 1.54) is 12.0 Å². The number of nitrogens with one attached hydrogen (secondary N) is 1. The van der Waals surface area contributed by atoms with Gasteiger partial charge >= 0.3 is 0 Å². The van der Waals surface area contributed by atoms with Gasteiger partial charge in [-0.15, -0.1) is 0 Å². The lowest BCUT2D eigenvalue weighted by Gasteiger charge is -2.33. The lowest BCUT2D eigenvalue weighted by atomic mass is 10.0. The fraction of sp³-hybridized carbons (Fsp3) is 0.310. The summed E-state index contributed by atoms with van der Waals surface area (Å²) in [6.07, 6.45) is 2.04. The van der Waals surface area contributed by atoms with Gasteiger partial charge in [0.05, 0.1) is 19.1 Å². The second-order valence-corrected chi connectivity index (χ2v) is 11.5. The van der Waals surface area contributed by atoms with Crippen LogP contribution in [0, 0.1) is 0 Å². The van der Waals surface area contributed by atoms with Gasteiger partial charge < -0.3 is 15.0 Å². The van der Waals surface area contributed by atoms with Crippen LogP contribution in [0.1, 0.15) is 24.5 Å². The van der Waals surface area contributed by atoms with E-state index in [0.717, 1.165) is 28.1 Å².